The van der Waals surface area contributed by atoms with E-state index in [1.807, 2.05) is 38.2 Å². The van der Waals surface area contributed by atoms with E-state index in [2.05, 4.69) is 37.6 Å². The van der Waals surface area contributed by atoms with Crippen LogP contribution in [0, 0.1) is 0 Å². The van der Waals surface area contributed by atoms with Gasteiger partial charge in [-0.2, -0.15) is 0 Å². The van der Waals surface area contributed by atoms with Gasteiger partial charge in [-0.3, -0.25) is 0 Å². The molecule has 0 saturated carbocycles. The highest BCUT2D eigenvalue weighted by molar-refractivity contribution is 7.89. The van der Waals surface area contributed by atoms with Crippen molar-refractivity contribution in [1.82, 2.24) is 24.2 Å². The van der Waals surface area contributed by atoms with Crippen LogP contribution in [0.5, 0.6) is 0 Å². The molecule has 0 aliphatic rings. The second-order valence-electron chi connectivity index (χ2n) is 7.13. The fourth-order valence-electron chi connectivity index (χ4n) is 3.56. The minimum absolute atomic E-state index is 0.100. The van der Waals surface area contributed by atoms with Crippen LogP contribution in [0.15, 0.2) is 59.9 Å². The van der Waals surface area contributed by atoms with Gasteiger partial charge >= 0.3 is 0 Å². The molecule has 7 nitrogen and oxygen atoms in total. The number of hydrogen-bond acceptors (Lipinski definition) is 4. The molecule has 2 heterocycles. The van der Waals surface area contributed by atoms with Crippen LogP contribution < -0.4 is 4.72 Å². The van der Waals surface area contributed by atoms with Crippen LogP contribution in [0.25, 0.3) is 21.9 Å². The van der Waals surface area contributed by atoms with E-state index in [0.717, 1.165) is 22.0 Å². The molecule has 2 aromatic carbocycles. The van der Waals surface area contributed by atoms with E-state index in [1.54, 1.807) is 24.5 Å². The van der Waals surface area contributed by atoms with Crippen LogP contribution in [-0.2, 0) is 17.1 Å². The molecule has 1 atom stereocenters. The molecule has 2 aromatic heterocycles. The molecule has 8 heteroatoms. The summed E-state index contributed by atoms with van der Waals surface area (Å²) in [5.74, 6) is 0. The molecule has 0 saturated heterocycles. The predicted octanol–water partition coefficient (Wildman–Crippen LogP) is 2.64. The van der Waals surface area contributed by atoms with E-state index in [-0.39, 0.29) is 17.5 Å². The van der Waals surface area contributed by atoms with Crippen molar-refractivity contribution in [3.05, 3.63) is 60.6 Å². The van der Waals surface area contributed by atoms with Gasteiger partial charge in [0.05, 0.1) is 22.3 Å². The zero-order valence-corrected chi connectivity index (χ0v) is 16.9. The third-order valence-corrected chi connectivity index (χ3v) is 6.50. The molecule has 4 aromatic rings. The first-order valence-corrected chi connectivity index (χ1v) is 10.5. The normalized spacial score (nSPS) is 13.6. The molecule has 0 aliphatic heterocycles. The van der Waals surface area contributed by atoms with Gasteiger partial charge in [0.2, 0.25) is 10.0 Å². The number of sulfonamides is 1. The number of rotatable bonds is 6. The number of para-hydroxylation sites is 1. The number of likely N-dealkylation sites (N-methyl/N-ethyl adjacent to an activating group) is 1. The third-order valence-electron chi connectivity index (χ3n) is 5.08. The minimum Gasteiger partial charge on any atom is -0.350 e. The molecule has 1 unspecified atom stereocenters. The molecular weight excluding hydrogens is 374 g/mol. The van der Waals surface area contributed by atoms with Crippen molar-refractivity contribution in [3.63, 3.8) is 0 Å². The first-order chi connectivity index (χ1) is 13.4. The van der Waals surface area contributed by atoms with E-state index >= 15 is 0 Å². The van der Waals surface area contributed by atoms with Gasteiger partial charge in [-0.25, -0.2) is 18.1 Å². The van der Waals surface area contributed by atoms with Crippen LogP contribution in [-0.4, -0.2) is 48.5 Å². The van der Waals surface area contributed by atoms with Crippen molar-refractivity contribution in [1.29, 1.82) is 0 Å². The fraction of sp³-hybridized carbons (Fsp3) is 0.250. The molecule has 0 fully saturated rings. The van der Waals surface area contributed by atoms with Crippen molar-refractivity contribution in [2.24, 2.45) is 7.05 Å². The lowest BCUT2D eigenvalue weighted by molar-refractivity contribution is 0.301. The monoisotopic (exact) mass is 397 g/mol. The molecule has 2 N–H and O–H groups in total. The average molecular weight is 398 g/mol. The molecule has 0 radical (unpaired) electrons. The van der Waals surface area contributed by atoms with Crippen LogP contribution in [0.4, 0.5) is 0 Å². The lowest BCUT2D eigenvalue weighted by Crippen LogP contribution is -2.34. The lowest BCUT2D eigenvalue weighted by Gasteiger charge is -2.24. The van der Waals surface area contributed by atoms with Gasteiger partial charge in [-0.1, -0.05) is 18.2 Å². The highest BCUT2D eigenvalue weighted by Gasteiger charge is 2.23. The second-order valence-corrected chi connectivity index (χ2v) is 8.89. The lowest BCUT2D eigenvalue weighted by atomic mass is 10.1. The van der Waals surface area contributed by atoms with Gasteiger partial charge in [-0.05, 0) is 43.9 Å². The molecule has 0 spiro atoms. The average Bonchev–Trinajstić information content (AvgIpc) is 3.26. The number of aromatic amines is 1. The van der Waals surface area contributed by atoms with Gasteiger partial charge in [-0.15, -0.1) is 0 Å². The quantitative estimate of drug-likeness (QED) is 0.524. The van der Waals surface area contributed by atoms with Crippen molar-refractivity contribution in [3.8, 4) is 0 Å². The standard InChI is InChI=1S/C20H23N5O2S/c1-24(2)20(16-12-25(3)19-7-5-4-6-15(16)19)11-23-28(26,27)14-8-9-17-18(10-14)22-13-21-17/h4-10,12-13,20,23H,11H2,1-3H3,(H,21,22). The van der Waals surface area contributed by atoms with Gasteiger partial charge in [0.1, 0.15) is 0 Å². The smallest absolute Gasteiger partial charge is 0.240 e. The van der Waals surface area contributed by atoms with Crippen molar-refractivity contribution >= 4 is 32.0 Å². The second kappa shape index (κ2) is 7.05. The van der Waals surface area contributed by atoms with Gasteiger partial charge in [0.15, 0.2) is 0 Å². The summed E-state index contributed by atoms with van der Waals surface area (Å²) in [6.45, 7) is 0.268. The van der Waals surface area contributed by atoms with E-state index in [1.165, 1.54) is 0 Å². The highest BCUT2D eigenvalue weighted by atomic mass is 32.2. The first-order valence-electron chi connectivity index (χ1n) is 9.00. The summed E-state index contributed by atoms with van der Waals surface area (Å²) in [7, 11) is 2.27. The maximum absolute atomic E-state index is 12.9. The molecule has 4 rings (SSSR count). The number of aryl methyl sites for hydroxylation is 1. The van der Waals surface area contributed by atoms with Gasteiger partial charge in [0, 0.05) is 36.7 Å². The summed E-state index contributed by atoms with van der Waals surface area (Å²) in [5, 5.41) is 1.13. The molecule has 0 bridgehead atoms. The summed E-state index contributed by atoms with van der Waals surface area (Å²) in [5.41, 5.74) is 3.65. The number of nitrogens with zero attached hydrogens (tertiary/aromatic N) is 3. The summed E-state index contributed by atoms with van der Waals surface area (Å²) < 4.78 is 30.6. The first kappa shape index (κ1) is 18.7. The number of fused-ring (bicyclic) bond motifs is 2. The molecule has 0 amide bonds. The Morgan fingerprint density at radius 1 is 1.21 bits per heavy atom. The highest BCUT2D eigenvalue weighted by Crippen LogP contribution is 2.28. The predicted molar refractivity (Wildman–Crippen MR) is 111 cm³/mol. The van der Waals surface area contributed by atoms with Crippen LogP contribution in [0.2, 0.25) is 0 Å². The van der Waals surface area contributed by atoms with Crippen molar-refractivity contribution < 1.29 is 8.42 Å². The summed E-state index contributed by atoms with van der Waals surface area (Å²) >= 11 is 0. The Balaban J connectivity index is 1.63. The molecule has 0 aliphatic carbocycles. The Morgan fingerprint density at radius 3 is 2.79 bits per heavy atom. The van der Waals surface area contributed by atoms with Crippen LogP contribution >= 0.6 is 0 Å². The number of imidazole rings is 1. The molecule has 28 heavy (non-hydrogen) atoms. The zero-order chi connectivity index (χ0) is 19.9. The van der Waals surface area contributed by atoms with E-state index in [4.69, 9.17) is 0 Å². The largest absolute Gasteiger partial charge is 0.350 e. The number of nitrogens with one attached hydrogen (secondary N) is 2. The Kier molecular flexibility index (Phi) is 4.70. The SMILES string of the molecule is CN(C)C(CNS(=O)(=O)c1ccc2nc[nH]c2c1)c1cn(C)c2ccccc12. The third kappa shape index (κ3) is 3.30. The van der Waals surface area contributed by atoms with Crippen LogP contribution in [0.1, 0.15) is 11.6 Å². The Bertz CT molecular complexity index is 1240. The minimum atomic E-state index is -3.64. The molecule has 146 valence electrons. The summed E-state index contributed by atoms with van der Waals surface area (Å²) in [6, 6.07) is 12.9. The van der Waals surface area contributed by atoms with Gasteiger partial charge in [0.25, 0.3) is 0 Å². The van der Waals surface area contributed by atoms with Crippen molar-refractivity contribution in [2.45, 2.75) is 10.9 Å². The fourth-order valence-corrected chi connectivity index (χ4v) is 4.63. The molecular formula is C20H23N5O2S. The van der Waals surface area contributed by atoms with Crippen LogP contribution in [0.3, 0.4) is 0 Å². The summed E-state index contributed by atoms with van der Waals surface area (Å²) in [4.78, 5) is 9.33. The zero-order valence-electron chi connectivity index (χ0n) is 16.0. The van der Waals surface area contributed by atoms with E-state index in [0.29, 0.717) is 5.52 Å². The van der Waals surface area contributed by atoms with Gasteiger partial charge < -0.3 is 14.5 Å². The van der Waals surface area contributed by atoms with Crippen molar-refractivity contribution in [2.75, 3.05) is 20.6 Å². The Labute approximate surface area is 164 Å². The van der Waals surface area contributed by atoms with E-state index < -0.39 is 10.0 Å². The number of hydrogen-bond donors (Lipinski definition) is 2. The number of aromatic nitrogens is 3. The van der Waals surface area contributed by atoms with E-state index in [9.17, 15) is 8.42 Å². The number of benzene rings is 2. The summed E-state index contributed by atoms with van der Waals surface area (Å²) in [6.07, 6.45) is 3.62. The number of H-pyrrole nitrogens is 1. The maximum Gasteiger partial charge on any atom is 0.240 e. The topological polar surface area (TPSA) is 83.0 Å². The Morgan fingerprint density at radius 2 is 2.00 bits per heavy atom. The Hall–Kier alpha value is -2.68. The maximum atomic E-state index is 12.9.